The van der Waals surface area contributed by atoms with Crippen molar-refractivity contribution in [1.82, 2.24) is 0 Å². The Kier molecular flexibility index (Phi) is 6.43. The predicted molar refractivity (Wildman–Crippen MR) is 129 cm³/mol. The number of benzene rings is 3. The molecule has 1 atom stereocenters. The lowest BCUT2D eigenvalue weighted by Crippen LogP contribution is -2.41. The average Bonchev–Trinajstić information content (AvgIpc) is 2.75. The van der Waals surface area contributed by atoms with Crippen molar-refractivity contribution in [2.24, 2.45) is 0 Å². The molecule has 0 aromatic heterocycles. The van der Waals surface area contributed by atoms with Crippen LogP contribution in [0.1, 0.15) is 47.7 Å². The zero-order chi connectivity index (χ0) is 22.8. The molecule has 1 aliphatic rings. The number of nitrogens with zero attached hydrogens (tertiary/aromatic N) is 1. The molecule has 0 spiro atoms. The fraction of sp³-hybridized carbons (Fsp3) is 0.296. The van der Waals surface area contributed by atoms with E-state index in [1.54, 1.807) is 0 Å². The van der Waals surface area contributed by atoms with Crippen molar-refractivity contribution in [2.75, 3.05) is 18.1 Å². The number of anilines is 1. The maximum atomic E-state index is 13.6. The first kappa shape index (κ1) is 22.2. The number of hydrogen-bond acceptors (Lipinski definition) is 3. The molecule has 0 fully saturated rings. The molecule has 5 heteroatoms. The van der Waals surface area contributed by atoms with E-state index in [0.717, 1.165) is 27.9 Å². The highest BCUT2D eigenvalue weighted by molar-refractivity contribution is 6.30. The molecular weight excluding hydrogens is 422 g/mol. The van der Waals surface area contributed by atoms with Gasteiger partial charge < -0.3 is 14.4 Å². The topological polar surface area (TPSA) is 38.8 Å². The van der Waals surface area contributed by atoms with Crippen LogP contribution < -0.4 is 14.4 Å². The summed E-state index contributed by atoms with van der Waals surface area (Å²) < 4.78 is 11.7. The van der Waals surface area contributed by atoms with E-state index in [1.807, 2.05) is 74.2 Å². The molecule has 4 nitrogen and oxygen atoms in total. The van der Waals surface area contributed by atoms with E-state index in [9.17, 15) is 4.79 Å². The third kappa shape index (κ3) is 4.20. The SMILES string of the molecule is CCOc1cc2c(cc1OCC)C(c1ccc(Cl)cc1)N(c1ccc(C)cc1C)C(=O)C2. The third-order valence-electron chi connectivity index (χ3n) is 5.77. The Bertz CT molecular complexity index is 1140. The second kappa shape index (κ2) is 9.25. The minimum Gasteiger partial charge on any atom is -0.490 e. The maximum Gasteiger partial charge on any atom is 0.232 e. The molecule has 0 N–H and O–H groups in total. The van der Waals surface area contributed by atoms with Crippen LogP contribution in [0.15, 0.2) is 54.6 Å². The third-order valence-corrected chi connectivity index (χ3v) is 6.02. The van der Waals surface area contributed by atoms with Crippen molar-refractivity contribution in [1.29, 1.82) is 0 Å². The van der Waals surface area contributed by atoms with Gasteiger partial charge in [0.2, 0.25) is 5.91 Å². The average molecular weight is 450 g/mol. The Hall–Kier alpha value is -2.98. The molecular formula is C27H28ClNO3. The number of fused-ring (bicyclic) bond motifs is 1. The Labute approximate surface area is 194 Å². The zero-order valence-corrected chi connectivity index (χ0v) is 19.7. The van der Waals surface area contributed by atoms with E-state index in [-0.39, 0.29) is 11.9 Å². The van der Waals surface area contributed by atoms with Crippen LogP contribution >= 0.6 is 11.6 Å². The first-order chi connectivity index (χ1) is 15.4. The molecule has 166 valence electrons. The van der Waals surface area contributed by atoms with Crippen molar-refractivity contribution in [3.63, 3.8) is 0 Å². The minimum atomic E-state index is -0.292. The lowest BCUT2D eigenvalue weighted by Gasteiger charge is -2.39. The molecule has 1 unspecified atom stereocenters. The standard InChI is InChI=1S/C27H28ClNO3/c1-5-31-24-14-20-15-26(30)29(23-12-7-17(3)13-18(23)4)27(19-8-10-21(28)11-9-19)22(20)16-25(24)32-6-2/h7-14,16,27H,5-6,15H2,1-4H3. The smallest absolute Gasteiger partial charge is 0.232 e. The van der Waals surface area contributed by atoms with Crippen LogP contribution in [0.5, 0.6) is 11.5 Å². The van der Waals surface area contributed by atoms with Gasteiger partial charge in [0.1, 0.15) is 0 Å². The van der Waals surface area contributed by atoms with Gasteiger partial charge in [0, 0.05) is 10.7 Å². The number of hydrogen-bond donors (Lipinski definition) is 0. The van der Waals surface area contributed by atoms with Gasteiger partial charge in [-0.05, 0) is 80.3 Å². The molecule has 4 rings (SSSR count). The zero-order valence-electron chi connectivity index (χ0n) is 18.9. The summed E-state index contributed by atoms with van der Waals surface area (Å²) in [7, 11) is 0. The van der Waals surface area contributed by atoms with Crippen molar-refractivity contribution >= 4 is 23.2 Å². The number of rotatable bonds is 6. The molecule has 0 bridgehead atoms. The quantitative estimate of drug-likeness (QED) is 0.435. The van der Waals surface area contributed by atoms with E-state index >= 15 is 0 Å². The second-order valence-electron chi connectivity index (χ2n) is 8.05. The lowest BCUT2D eigenvalue weighted by molar-refractivity contribution is -0.118. The van der Waals surface area contributed by atoms with Gasteiger partial charge in [0.25, 0.3) is 0 Å². The van der Waals surface area contributed by atoms with E-state index in [0.29, 0.717) is 36.2 Å². The summed E-state index contributed by atoms with van der Waals surface area (Å²) in [4.78, 5) is 15.5. The molecule has 0 aliphatic carbocycles. The van der Waals surface area contributed by atoms with Crippen LogP contribution in [0.25, 0.3) is 0 Å². The van der Waals surface area contributed by atoms with Gasteiger partial charge in [-0.2, -0.15) is 0 Å². The van der Waals surface area contributed by atoms with E-state index in [2.05, 4.69) is 13.0 Å². The van der Waals surface area contributed by atoms with E-state index in [1.165, 1.54) is 5.56 Å². The summed E-state index contributed by atoms with van der Waals surface area (Å²) in [6.45, 7) is 9.07. The summed E-state index contributed by atoms with van der Waals surface area (Å²) in [5.41, 5.74) is 6.14. The minimum absolute atomic E-state index is 0.0519. The maximum absolute atomic E-state index is 13.6. The number of ether oxygens (including phenoxy) is 2. The highest BCUT2D eigenvalue weighted by atomic mass is 35.5. The molecule has 3 aromatic rings. The van der Waals surface area contributed by atoms with Crippen molar-refractivity contribution in [3.8, 4) is 11.5 Å². The number of carbonyl (C=O) groups is 1. The van der Waals surface area contributed by atoms with Crippen molar-refractivity contribution < 1.29 is 14.3 Å². The summed E-state index contributed by atoms with van der Waals surface area (Å²) in [6, 6.07) is 17.6. The Balaban J connectivity index is 1.94. The fourth-order valence-corrected chi connectivity index (χ4v) is 4.54. The van der Waals surface area contributed by atoms with Crippen molar-refractivity contribution in [2.45, 2.75) is 40.2 Å². The first-order valence-electron chi connectivity index (χ1n) is 11.0. The Morgan fingerprint density at radius 3 is 2.22 bits per heavy atom. The van der Waals surface area contributed by atoms with Gasteiger partial charge in [-0.1, -0.05) is 41.4 Å². The largest absolute Gasteiger partial charge is 0.490 e. The highest BCUT2D eigenvalue weighted by Gasteiger charge is 2.36. The highest BCUT2D eigenvalue weighted by Crippen LogP contribution is 2.44. The van der Waals surface area contributed by atoms with E-state index in [4.69, 9.17) is 21.1 Å². The van der Waals surface area contributed by atoms with Crippen LogP contribution in [0.3, 0.4) is 0 Å². The molecule has 0 saturated carbocycles. The number of carbonyl (C=O) groups excluding carboxylic acids is 1. The Morgan fingerprint density at radius 1 is 0.938 bits per heavy atom. The predicted octanol–water partition coefficient (Wildman–Crippen LogP) is 6.43. The molecule has 1 aliphatic heterocycles. The van der Waals surface area contributed by atoms with Crippen LogP contribution in [-0.2, 0) is 11.2 Å². The monoisotopic (exact) mass is 449 g/mol. The molecule has 0 radical (unpaired) electrons. The van der Waals surface area contributed by atoms with Gasteiger partial charge in [0.15, 0.2) is 11.5 Å². The van der Waals surface area contributed by atoms with Gasteiger partial charge in [-0.3, -0.25) is 4.79 Å². The Morgan fingerprint density at radius 2 is 1.59 bits per heavy atom. The summed E-state index contributed by atoms with van der Waals surface area (Å²) >= 11 is 6.18. The van der Waals surface area contributed by atoms with Gasteiger partial charge >= 0.3 is 0 Å². The van der Waals surface area contributed by atoms with Crippen LogP contribution in [0.4, 0.5) is 5.69 Å². The normalized spacial score (nSPS) is 15.5. The molecule has 32 heavy (non-hydrogen) atoms. The summed E-state index contributed by atoms with van der Waals surface area (Å²) in [5.74, 6) is 1.42. The van der Waals surface area contributed by atoms with Crippen LogP contribution in [0, 0.1) is 13.8 Å². The van der Waals surface area contributed by atoms with Crippen molar-refractivity contribution in [3.05, 3.63) is 87.4 Å². The first-order valence-corrected chi connectivity index (χ1v) is 11.4. The lowest BCUT2D eigenvalue weighted by atomic mass is 9.86. The van der Waals surface area contributed by atoms with Gasteiger partial charge in [0.05, 0.1) is 25.7 Å². The summed E-state index contributed by atoms with van der Waals surface area (Å²) in [6.07, 6.45) is 0.305. The molecule has 1 heterocycles. The van der Waals surface area contributed by atoms with E-state index < -0.39 is 0 Å². The fourth-order valence-electron chi connectivity index (χ4n) is 4.42. The second-order valence-corrected chi connectivity index (χ2v) is 8.48. The molecule has 1 amide bonds. The molecule has 0 saturated heterocycles. The number of amides is 1. The molecule has 3 aromatic carbocycles. The number of aryl methyl sites for hydroxylation is 2. The van der Waals surface area contributed by atoms with Crippen LogP contribution in [0.2, 0.25) is 5.02 Å². The number of halogens is 1. The van der Waals surface area contributed by atoms with Gasteiger partial charge in [-0.15, -0.1) is 0 Å². The van der Waals surface area contributed by atoms with Gasteiger partial charge in [-0.25, -0.2) is 0 Å². The van der Waals surface area contributed by atoms with Crippen LogP contribution in [-0.4, -0.2) is 19.1 Å². The summed E-state index contributed by atoms with van der Waals surface area (Å²) in [5, 5.41) is 0.663.